The number of thiophene rings is 2. The second kappa shape index (κ2) is 12.8. The van der Waals surface area contributed by atoms with Gasteiger partial charge in [-0.3, -0.25) is 0 Å². The Morgan fingerprint density at radius 3 is 1.77 bits per heavy atom. The van der Waals surface area contributed by atoms with Gasteiger partial charge in [-0.1, -0.05) is 115 Å². The molecule has 0 aliphatic carbocycles. The smallest absolute Gasteiger partial charge is 0.164 e. The highest BCUT2D eigenvalue weighted by molar-refractivity contribution is 7.26. The molecule has 0 fully saturated rings. The molecule has 6 heteroatoms. The van der Waals surface area contributed by atoms with Crippen molar-refractivity contribution in [1.82, 2.24) is 19.5 Å². The molecule has 8 aromatic carbocycles. The summed E-state index contributed by atoms with van der Waals surface area (Å²) in [6.45, 7) is 0. The van der Waals surface area contributed by atoms with Crippen molar-refractivity contribution in [1.29, 1.82) is 0 Å². The molecule has 0 aliphatic rings. The minimum atomic E-state index is 0.661. The predicted octanol–water partition coefficient (Wildman–Crippen LogP) is 14.4. The second-order valence-corrected chi connectivity index (χ2v) is 16.6. The van der Waals surface area contributed by atoms with Crippen molar-refractivity contribution in [3.63, 3.8) is 0 Å². The summed E-state index contributed by atoms with van der Waals surface area (Å²) in [7, 11) is 0. The van der Waals surface area contributed by atoms with E-state index in [2.05, 4.69) is 168 Å². The minimum Gasteiger partial charge on any atom is -0.309 e. The molecule has 0 radical (unpaired) electrons. The molecule has 57 heavy (non-hydrogen) atoms. The van der Waals surface area contributed by atoms with E-state index in [9.17, 15) is 0 Å². The van der Waals surface area contributed by atoms with Crippen molar-refractivity contribution in [3.05, 3.63) is 182 Å². The van der Waals surface area contributed by atoms with E-state index in [0.29, 0.717) is 17.5 Å². The Bertz CT molecular complexity index is 3530. The van der Waals surface area contributed by atoms with E-state index in [1.54, 1.807) is 0 Å². The number of benzene rings is 8. The topological polar surface area (TPSA) is 43.6 Å². The molecule has 266 valence electrons. The summed E-state index contributed by atoms with van der Waals surface area (Å²) < 4.78 is 7.36. The van der Waals surface area contributed by atoms with Crippen molar-refractivity contribution < 1.29 is 0 Å². The van der Waals surface area contributed by atoms with Gasteiger partial charge in [-0.25, -0.2) is 15.0 Å². The van der Waals surface area contributed by atoms with Crippen LogP contribution in [0, 0.1) is 0 Å². The van der Waals surface area contributed by atoms with E-state index in [4.69, 9.17) is 15.0 Å². The van der Waals surface area contributed by atoms with Gasteiger partial charge in [0, 0.05) is 73.5 Å². The molecule has 4 nitrogen and oxygen atoms in total. The van der Waals surface area contributed by atoms with Crippen LogP contribution in [0.5, 0.6) is 0 Å². The van der Waals surface area contributed by atoms with Crippen molar-refractivity contribution in [2.75, 3.05) is 0 Å². The van der Waals surface area contributed by atoms with Crippen LogP contribution in [0.15, 0.2) is 182 Å². The van der Waals surface area contributed by atoms with Crippen LogP contribution >= 0.6 is 22.7 Å². The summed E-state index contributed by atoms with van der Waals surface area (Å²) >= 11 is 3.63. The van der Waals surface area contributed by atoms with Gasteiger partial charge in [0.2, 0.25) is 0 Å². The molecule has 0 atom stereocenters. The first kappa shape index (κ1) is 32.3. The fourth-order valence-corrected chi connectivity index (χ4v) is 10.7. The lowest BCUT2D eigenvalue weighted by Crippen LogP contribution is -2.00. The number of nitrogens with zero attached hydrogens (tertiary/aromatic N) is 4. The highest BCUT2D eigenvalue weighted by atomic mass is 32.1. The first-order valence-corrected chi connectivity index (χ1v) is 20.6. The molecule has 0 saturated heterocycles. The molecule has 0 saturated carbocycles. The van der Waals surface area contributed by atoms with E-state index in [0.717, 1.165) is 22.4 Å². The van der Waals surface area contributed by atoms with Crippen molar-refractivity contribution in [2.24, 2.45) is 0 Å². The first-order chi connectivity index (χ1) is 28.2. The maximum atomic E-state index is 5.16. The number of hydrogen-bond acceptors (Lipinski definition) is 5. The largest absolute Gasteiger partial charge is 0.309 e. The Kier molecular flexibility index (Phi) is 7.24. The number of aromatic nitrogens is 4. The van der Waals surface area contributed by atoms with Gasteiger partial charge in [0.1, 0.15) is 0 Å². The van der Waals surface area contributed by atoms with E-state index in [1.165, 1.54) is 73.3 Å². The summed E-state index contributed by atoms with van der Waals surface area (Å²) in [5.74, 6) is 1.99. The molecule has 0 aliphatic heterocycles. The Balaban J connectivity index is 1.00. The molecule has 0 unspecified atom stereocenters. The molecular weight excluding hydrogens is 733 g/mol. The lowest BCUT2D eigenvalue weighted by molar-refractivity contribution is 1.08. The van der Waals surface area contributed by atoms with E-state index >= 15 is 0 Å². The molecule has 12 aromatic rings. The quantitative estimate of drug-likeness (QED) is 0.175. The molecule has 0 amide bonds. The SMILES string of the molecule is c1ccc(-c2nc(-c3ccc4c(c3)sc3cccc(-c5ccc6c(c5)c5ccccc5n6-c5ccccc5)c34)nc(-c3ccc4sc5ccccc5c4c3)n2)cc1. The van der Waals surface area contributed by atoms with Crippen molar-refractivity contribution >= 4 is 84.8 Å². The highest BCUT2D eigenvalue weighted by Crippen LogP contribution is 2.43. The Morgan fingerprint density at radius 1 is 0.333 bits per heavy atom. The third kappa shape index (κ3) is 5.22. The number of rotatable bonds is 5. The van der Waals surface area contributed by atoms with Gasteiger partial charge < -0.3 is 4.57 Å². The summed E-state index contributed by atoms with van der Waals surface area (Å²) in [4.78, 5) is 15.3. The number of para-hydroxylation sites is 2. The Hall–Kier alpha value is -6.99. The monoisotopic (exact) mass is 762 g/mol. The zero-order valence-electron chi connectivity index (χ0n) is 30.4. The standard InChI is InChI=1S/C51H30N4S2/c1-3-12-31(13-4-1)49-52-50(33-24-27-45-41(29-33)38-17-8-10-20-44(38)56-45)54-51(53-49)34-22-25-39-47(30-34)57-46-21-11-18-36(48(39)46)32-23-26-43-40(28-32)37-16-7-9-19-42(37)55(43)35-14-5-2-6-15-35/h1-30H. The number of hydrogen-bond donors (Lipinski definition) is 0. The van der Waals surface area contributed by atoms with Crippen LogP contribution in [0.4, 0.5) is 0 Å². The third-order valence-corrected chi connectivity index (χ3v) is 13.3. The van der Waals surface area contributed by atoms with E-state index in [1.807, 2.05) is 40.9 Å². The normalized spacial score (nSPS) is 11.9. The molecular formula is C51H30N4S2. The molecule has 4 aromatic heterocycles. The maximum absolute atomic E-state index is 5.16. The van der Waals surface area contributed by atoms with Crippen LogP contribution in [0.25, 0.3) is 113 Å². The molecule has 0 spiro atoms. The van der Waals surface area contributed by atoms with Gasteiger partial charge in [-0.2, -0.15) is 0 Å². The fraction of sp³-hybridized carbons (Fsp3) is 0. The van der Waals surface area contributed by atoms with Crippen LogP contribution in [-0.2, 0) is 0 Å². The molecule has 12 rings (SSSR count). The summed E-state index contributed by atoms with van der Waals surface area (Å²) in [5.41, 5.74) is 8.91. The van der Waals surface area contributed by atoms with Crippen LogP contribution in [-0.4, -0.2) is 19.5 Å². The zero-order chi connectivity index (χ0) is 37.5. The van der Waals surface area contributed by atoms with E-state index in [-0.39, 0.29) is 0 Å². The Labute approximate surface area is 335 Å². The van der Waals surface area contributed by atoms with Gasteiger partial charge in [0.05, 0.1) is 11.0 Å². The zero-order valence-corrected chi connectivity index (χ0v) is 32.1. The second-order valence-electron chi connectivity index (χ2n) is 14.4. The van der Waals surface area contributed by atoms with Crippen molar-refractivity contribution in [3.8, 4) is 51.0 Å². The van der Waals surface area contributed by atoms with Crippen LogP contribution < -0.4 is 0 Å². The molecule has 0 N–H and O–H groups in total. The number of fused-ring (bicyclic) bond motifs is 9. The van der Waals surface area contributed by atoms with Gasteiger partial charge in [0.15, 0.2) is 17.5 Å². The first-order valence-electron chi connectivity index (χ1n) is 19.0. The minimum absolute atomic E-state index is 0.661. The average Bonchev–Trinajstić information content (AvgIpc) is 3.95. The summed E-state index contributed by atoms with van der Waals surface area (Å²) in [6.07, 6.45) is 0. The predicted molar refractivity (Wildman–Crippen MR) is 242 cm³/mol. The lowest BCUT2D eigenvalue weighted by atomic mass is 9.97. The maximum Gasteiger partial charge on any atom is 0.164 e. The fourth-order valence-electron chi connectivity index (χ4n) is 8.42. The van der Waals surface area contributed by atoms with Crippen LogP contribution in [0.1, 0.15) is 0 Å². The van der Waals surface area contributed by atoms with Crippen LogP contribution in [0.2, 0.25) is 0 Å². The van der Waals surface area contributed by atoms with Gasteiger partial charge in [-0.15, -0.1) is 22.7 Å². The van der Waals surface area contributed by atoms with Gasteiger partial charge in [0.25, 0.3) is 0 Å². The lowest BCUT2D eigenvalue weighted by Gasteiger charge is -2.09. The van der Waals surface area contributed by atoms with Gasteiger partial charge in [-0.05, 0) is 77.9 Å². The summed E-state index contributed by atoms with van der Waals surface area (Å²) in [5, 5.41) is 7.48. The van der Waals surface area contributed by atoms with E-state index < -0.39 is 0 Å². The Morgan fingerprint density at radius 2 is 0.930 bits per heavy atom. The van der Waals surface area contributed by atoms with Crippen molar-refractivity contribution in [2.45, 2.75) is 0 Å². The van der Waals surface area contributed by atoms with Crippen LogP contribution in [0.3, 0.4) is 0 Å². The highest BCUT2D eigenvalue weighted by Gasteiger charge is 2.18. The molecule has 4 heterocycles. The third-order valence-electron chi connectivity index (χ3n) is 11.1. The average molecular weight is 763 g/mol. The molecule has 0 bridgehead atoms. The van der Waals surface area contributed by atoms with Gasteiger partial charge >= 0.3 is 0 Å². The summed E-state index contributed by atoms with van der Waals surface area (Å²) in [6, 6.07) is 65.0.